The number of aliphatic hydroxyl groups is 1. The number of ether oxygens (including phenoxy) is 1. The topological polar surface area (TPSA) is 46.5 Å². The fourth-order valence-electron chi connectivity index (χ4n) is 1.48. The van der Waals surface area contributed by atoms with E-state index in [4.69, 9.17) is 4.74 Å². The minimum atomic E-state index is -0.293. The summed E-state index contributed by atoms with van der Waals surface area (Å²) >= 11 is 0. The van der Waals surface area contributed by atoms with Gasteiger partial charge in [0.2, 0.25) is 0 Å². The van der Waals surface area contributed by atoms with Crippen molar-refractivity contribution in [3.8, 4) is 0 Å². The van der Waals surface area contributed by atoms with Crippen LogP contribution in [0.2, 0.25) is 0 Å². The number of rotatable bonds is 10. The van der Waals surface area contributed by atoms with Crippen molar-refractivity contribution >= 4 is 5.97 Å². The number of hydrogen-bond donors (Lipinski definition) is 1. The van der Waals surface area contributed by atoms with Crippen LogP contribution >= 0.6 is 0 Å². The first-order valence-electron chi connectivity index (χ1n) is 6.33. The van der Waals surface area contributed by atoms with Gasteiger partial charge in [-0.2, -0.15) is 0 Å². The molecule has 1 N–H and O–H groups in total. The highest BCUT2D eigenvalue weighted by Crippen LogP contribution is 2.09. The molecule has 0 saturated carbocycles. The van der Waals surface area contributed by atoms with E-state index in [9.17, 15) is 9.90 Å². The van der Waals surface area contributed by atoms with E-state index >= 15 is 0 Å². The number of esters is 1. The Morgan fingerprint density at radius 2 is 2.00 bits per heavy atom. The van der Waals surface area contributed by atoms with Gasteiger partial charge in [0.25, 0.3) is 0 Å². The van der Waals surface area contributed by atoms with E-state index in [0.717, 1.165) is 38.5 Å². The molecular weight excluding hydrogens is 216 g/mol. The maximum absolute atomic E-state index is 10.9. The molecule has 3 heteroatoms. The van der Waals surface area contributed by atoms with E-state index in [0.29, 0.717) is 6.61 Å². The lowest BCUT2D eigenvalue weighted by Gasteiger charge is -2.08. The van der Waals surface area contributed by atoms with Crippen LogP contribution in [0.15, 0.2) is 24.8 Å². The average molecular weight is 240 g/mol. The molecular formula is C14H24O3. The first-order valence-corrected chi connectivity index (χ1v) is 6.33. The Morgan fingerprint density at radius 3 is 2.59 bits per heavy atom. The van der Waals surface area contributed by atoms with Crippen molar-refractivity contribution in [3.05, 3.63) is 24.8 Å². The summed E-state index contributed by atoms with van der Waals surface area (Å²) in [6.45, 7) is 5.83. The molecule has 0 saturated heterocycles. The van der Waals surface area contributed by atoms with Crippen molar-refractivity contribution < 1.29 is 14.6 Å². The van der Waals surface area contributed by atoms with Gasteiger partial charge in [-0.3, -0.25) is 0 Å². The summed E-state index contributed by atoms with van der Waals surface area (Å²) in [5.74, 6) is -0.293. The molecule has 0 amide bonds. The van der Waals surface area contributed by atoms with Crippen LogP contribution in [0, 0.1) is 0 Å². The van der Waals surface area contributed by atoms with Gasteiger partial charge >= 0.3 is 5.97 Å². The lowest BCUT2D eigenvalue weighted by Crippen LogP contribution is -2.05. The molecule has 0 aliphatic rings. The van der Waals surface area contributed by atoms with E-state index in [1.165, 1.54) is 6.08 Å². The molecule has 1 unspecified atom stereocenters. The van der Waals surface area contributed by atoms with Crippen LogP contribution in [0.3, 0.4) is 0 Å². The van der Waals surface area contributed by atoms with Crippen LogP contribution in [0.5, 0.6) is 0 Å². The molecule has 98 valence electrons. The summed E-state index contributed by atoms with van der Waals surface area (Å²) in [5, 5.41) is 9.62. The quantitative estimate of drug-likeness (QED) is 0.276. The lowest BCUT2D eigenvalue weighted by atomic mass is 10.1. The number of hydrogen-bond acceptors (Lipinski definition) is 3. The van der Waals surface area contributed by atoms with E-state index in [2.05, 4.69) is 6.58 Å². The summed E-state index contributed by atoms with van der Waals surface area (Å²) in [6, 6.07) is 0. The number of allylic oxidation sites excluding steroid dienone is 2. The molecule has 0 fully saturated rings. The molecule has 0 aliphatic heterocycles. The monoisotopic (exact) mass is 240 g/mol. The van der Waals surface area contributed by atoms with Crippen LogP contribution in [-0.2, 0) is 9.53 Å². The van der Waals surface area contributed by atoms with Crippen LogP contribution < -0.4 is 0 Å². The predicted molar refractivity (Wildman–Crippen MR) is 69.7 cm³/mol. The SMILES string of the molecule is C=CCCCC(O)CCC/C=C/C(=O)OCC. The molecule has 0 spiro atoms. The maximum atomic E-state index is 10.9. The van der Waals surface area contributed by atoms with E-state index in [1.54, 1.807) is 13.0 Å². The number of unbranched alkanes of at least 4 members (excludes halogenated alkanes) is 2. The van der Waals surface area contributed by atoms with E-state index in [-0.39, 0.29) is 12.1 Å². The van der Waals surface area contributed by atoms with Gasteiger partial charge < -0.3 is 9.84 Å². The molecule has 0 rings (SSSR count). The molecule has 0 heterocycles. The highest BCUT2D eigenvalue weighted by Gasteiger charge is 2.02. The van der Waals surface area contributed by atoms with Gasteiger partial charge in [-0.05, 0) is 45.4 Å². The van der Waals surface area contributed by atoms with Gasteiger partial charge in [0, 0.05) is 6.08 Å². The third-order valence-electron chi connectivity index (χ3n) is 2.39. The zero-order valence-corrected chi connectivity index (χ0v) is 10.7. The lowest BCUT2D eigenvalue weighted by molar-refractivity contribution is -0.137. The van der Waals surface area contributed by atoms with Gasteiger partial charge in [-0.25, -0.2) is 4.79 Å². The normalized spacial score (nSPS) is 12.6. The Labute approximate surface area is 104 Å². The molecule has 17 heavy (non-hydrogen) atoms. The summed E-state index contributed by atoms with van der Waals surface area (Å²) < 4.78 is 4.75. The van der Waals surface area contributed by atoms with Crippen LogP contribution in [0.4, 0.5) is 0 Å². The van der Waals surface area contributed by atoms with Gasteiger partial charge in [0.05, 0.1) is 12.7 Å². The Kier molecular flexibility index (Phi) is 10.7. The molecule has 0 aromatic heterocycles. The number of carbonyl (C=O) groups excluding carboxylic acids is 1. The largest absolute Gasteiger partial charge is 0.463 e. The predicted octanol–water partition coefficient (Wildman–Crippen LogP) is 2.99. The van der Waals surface area contributed by atoms with Crippen molar-refractivity contribution in [1.82, 2.24) is 0 Å². The van der Waals surface area contributed by atoms with Gasteiger partial charge in [-0.15, -0.1) is 6.58 Å². The van der Waals surface area contributed by atoms with Crippen molar-refractivity contribution in [1.29, 1.82) is 0 Å². The molecule has 3 nitrogen and oxygen atoms in total. The fourth-order valence-corrected chi connectivity index (χ4v) is 1.48. The molecule has 0 aromatic carbocycles. The van der Waals surface area contributed by atoms with Gasteiger partial charge in [-0.1, -0.05) is 12.2 Å². The minimum absolute atomic E-state index is 0.231. The summed E-state index contributed by atoms with van der Waals surface area (Å²) in [6.07, 6.45) is 10.1. The molecule has 1 atom stereocenters. The van der Waals surface area contributed by atoms with Gasteiger partial charge in [0.1, 0.15) is 0 Å². The number of aliphatic hydroxyl groups excluding tert-OH is 1. The zero-order chi connectivity index (χ0) is 12.9. The highest BCUT2D eigenvalue weighted by atomic mass is 16.5. The van der Waals surface area contributed by atoms with Crippen LogP contribution in [-0.4, -0.2) is 23.8 Å². The van der Waals surface area contributed by atoms with E-state index in [1.807, 2.05) is 6.08 Å². The summed E-state index contributed by atoms with van der Waals surface area (Å²) in [7, 11) is 0. The third kappa shape index (κ3) is 11.2. The Balaban J connectivity index is 3.43. The second-order valence-corrected chi connectivity index (χ2v) is 3.96. The van der Waals surface area contributed by atoms with Crippen LogP contribution in [0.1, 0.15) is 45.4 Å². The smallest absolute Gasteiger partial charge is 0.330 e. The maximum Gasteiger partial charge on any atom is 0.330 e. The molecule has 0 aliphatic carbocycles. The second kappa shape index (κ2) is 11.4. The van der Waals surface area contributed by atoms with Crippen LogP contribution in [0.25, 0.3) is 0 Å². The molecule has 0 aromatic rings. The standard InChI is InChI=1S/C14H24O3/c1-3-5-7-10-13(15)11-8-6-9-12-14(16)17-4-2/h3,9,12-13,15H,1,4-8,10-11H2,2H3/b12-9+. The van der Waals surface area contributed by atoms with Crippen molar-refractivity contribution in [3.63, 3.8) is 0 Å². The first kappa shape index (κ1) is 15.9. The summed E-state index contributed by atoms with van der Waals surface area (Å²) in [5.41, 5.74) is 0. The molecule has 0 bridgehead atoms. The van der Waals surface area contributed by atoms with E-state index < -0.39 is 0 Å². The first-order chi connectivity index (χ1) is 8.20. The van der Waals surface area contributed by atoms with Crippen molar-refractivity contribution in [2.24, 2.45) is 0 Å². The average Bonchev–Trinajstić information content (AvgIpc) is 2.29. The molecule has 0 radical (unpaired) electrons. The zero-order valence-electron chi connectivity index (χ0n) is 10.7. The minimum Gasteiger partial charge on any atom is -0.463 e. The van der Waals surface area contributed by atoms with Crippen molar-refractivity contribution in [2.45, 2.75) is 51.6 Å². The van der Waals surface area contributed by atoms with Crippen molar-refractivity contribution in [2.75, 3.05) is 6.61 Å². The Hall–Kier alpha value is -1.09. The Bertz CT molecular complexity index is 234. The third-order valence-corrected chi connectivity index (χ3v) is 2.39. The fraction of sp³-hybridized carbons (Fsp3) is 0.643. The highest BCUT2D eigenvalue weighted by molar-refractivity contribution is 5.81. The summed E-state index contributed by atoms with van der Waals surface area (Å²) in [4.78, 5) is 10.9. The second-order valence-electron chi connectivity index (χ2n) is 3.96. The number of carbonyl (C=O) groups is 1. The Morgan fingerprint density at radius 1 is 1.35 bits per heavy atom. The van der Waals surface area contributed by atoms with Gasteiger partial charge in [0.15, 0.2) is 0 Å².